The number of nitrogens with two attached hydrogens (primary N) is 1. The fourth-order valence-electron chi connectivity index (χ4n) is 7.55. The standard InChI is InChI=1S/C29H25NO13.C8H16O2/c1-10-5-11-6-16(32)29(42-4)26(37)20-13(7-12-19(23(20)35)15(31)8-14(30)22(12)34)25(36)28(29,39)21(11)24(18(10)27(38)41-3)43-9-17(33)40-2;1-6-4-8(9-3)7(2)10-5-6/h5,7-8,16,32,35,39H,6,9,30H2,1-4H3;6-8H,4-5H2,1-3H3/t16?,28-,29+;6-,7+,8?/m01/s1. The second kappa shape index (κ2) is 14.4. The molecule has 4 aliphatic rings. The van der Waals surface area contributed by atoms with Crippen molar-refractivity contribution in [2.24, 2.45) is 11.7 Å². The minimum absolute atomic E-state index is 0.0397. The number of ether oxygens (including phenoxy) is 6. The number of aliphatic hydroxyl groups is 2. The highest BCUT2D eigenvalue weighted by atomic mass is 16.6. The summed E-state index contributed by atoms with van der Waals surface area (Å²) in [6, 6.07) is 2.20. The molecule has 1 saturated heterocycles. The van der Waals surface area contributed by atoms with E-state index in [9.17, 15) is 44.1 Å². The SMILES string of the molecule is COC(=O)COc1c(C(=O)OC)c(C)cc2c1[C@]1(O)C(=O)c3cc4c(c(O)c3C(=O)[C@]1(OC)C(O)C2)C(=O)C=C(N)C4=O.COC1C[C@@H](C)CO[C@H]1C. The Hall–Kier alpha value is -5.00. The number of allylic oxidation sites excluding steroid dienone is 2. The maximum atomic E-state index is 14.5. The molecular formula is C37H41NO15. The largest absolute Gasteiger partial charge is 0.506 e. The van der Waals surface area contributed by atoms with Crippen LogP contribution in [-0.2, 0) is 40.5 Å². The van der Waals surface area contributed by atoms with Crippen LogP contribution in [0.2, 0.25) is 0 Å². The number of phenols is 1. The first-order valence-electron chi connectivity index (χ1n) is 16.6. The zero-order valence-corrected chi connectivity index (χ0v) is 30.2. The second-order valence-electron chi connectivity index (χ2n) is 13.3. The van der Waals surface area contributed by atoms with Crippen LogP contribution in [0, 0.1) is 12.8 Å². The van der Waals surface area contributed by atoms with Crippen molar-refractivity contribution in [3.05, 3.63) is 68.4 Å². The molecule has 0 spiro atoms. The number of aromatic hydroxyl groups is 1. The number of hydrogen-bond acceptors (Lipinski definition) is 16. The van der Waals surface area contributed by atoms with Crippen LogP contribution in [0.1, 0.15) is 88.7 Å². The van der Waals surface area contributed by atoms with Crippen LogP contribution >= 0.6 is 0 Å². The van der Waals surface area contributed by atoms with Gasteiger partial charge in [-0.3, -0.25) is 19.2 Å². The molecule has 16 heteroatoms. The van der Waals surface area contributed by atoms with Crippen molar-refractivity contribution >= 4 is 35.1 Å². The minimum Gasteiger partial charge on any atom is -0.506 e. The van der Waals surface area contributed by atoms with Gasteiger partial charge in [0.05, 0.1) is 49.4 Å². The first-order valence-corrected chi connectivity index (χ1v) is 16.6. The molecule has 3 aliphatic carbocycles. The summed E-state index contributed by atoms with van der Waals surface area (Å²) >= 11 is 0. The van der Waals surface area contributed by atoms with E-state index in [0.29, 0.717) is 12.0 Å². The Morgan fingerprint density at radius 3 is 2.26 bits per heavy atom. The van der Waals surface area contributed by atoms with Crippen molar-refractivity contribution < 1.29 is 72.5 Å². The molecule has 6 atom stereocenters. The Morgan fingerprint density at radius 1 is 1.00 bits per heavy atom. The van der Waals surface area contributed by atoms with E-state index in [1.807, 2.05) is 0 Å². The number of benzene rings is 2. The number of carbonyl (C=O) groups excluding carboxylic acids is 6. The Kier molecular flexibility index (Phi) is 10.7. The van der Waals surface area contributed by atoms with Crippen LogP contribution in [0.5, 0.6) is 11.5 Å². The van der Waals surface area contributed by atoms with Gasteiger partial charge in [0.25, 0.3) is 0 Å². The number of aliphatic hydroxyl groups excluding tert-OH is 1. The van der Waals surface area contributed by atoms with Gasteiger partial charge in [0, 0.05) is 50.0 Å². The number of ketones is 4. The average molecular weight is 740 g/mol. The van der Waals surface area contributed by atoms with Crippen LogP contribution < -0.4 is 10.5 Å². The average Bonchev–Trinajstić information content (AvgIpc) is 3.12. The highest BCUT2D eigenvalue weighted by Gasteiger charge is 2.72. The molecule has 0 amide bonds. The van der Waals surface area contributed by atoms with Gasteiger partial charge in [0.2, 0.25) is 17.3 Å². The van der Waals surface area contributed by atoms with E-state index in [4.69, 9.17) is 29.4 Å². The number of methoxy groups -OCH3 is 4. The summed E-state index contributed by atoms with van der Waals surface area (Å²) in [4.78, 5) is 79.3. The highest BCUT2D eigenvalue weighted by Crippen LogP contribution is 2.57. The molecule has 6 rings (SSSR count). The van der Waals surface area contributed by atoms with Crippen molar-refractivity contribution in [2.75, 3.05) is 41.7 Å². The topological polar surface area (TPSA) is 245 Å². The molecule has 284 valence electrons. The Bertz CT molecular complexity index is 1970. The number of phenolic OH excluding ortho intramolecular Hbond substituents is 1. The molecule has 16 nitrogen and oxygen atoms in total. The van der Waals surface area contributed by atoms with Crippen LogP contribution in [0.15, 0.2) is 23.9 Å². The summed E-state index contributed by atoms with van der Waals surface area (Å²) < 4.78 is 31.3. The molecular weight excluding hydrogens is 698 g/mol. The Balaban J connectivity index is 0.000000469. The van der Waals surface area contributed by atoms with E-state index in [1.165, 1.54) is 13.0 Å². The van der Waals surface area contributed by atoms with E-state index in [0.717, 1.165) is 46.5 Å². The molecule has 0 bridgehead atoms. The molecule has 53 heavy (non-hydrogen) atoms. The van der Waals surface area contributed by atoms with Gasteiger partial charge < -0.3 is 49.5 Å². The van der Waals surface area contributed by atoms with Crippen LogP contribution in [0.25, 0.3) is 0 Å². The van der Waals surface area contributed by atoms with Crippen molar-refractivity contribution in [3.8, 4) is 11.5 Å². The van der Waals surface area contributed by atoms with Crippen molar-refractivity contribution in [3.63, 3.8) is 0 Å². The summed E-state index contributed by atoms with van der Waals surface area (Å²) in [6.45, 7) is 5.81. The molecule has 2 aromatic carbocycles. The summed E-state index contributed by atoms with van der Waals surface area (Å²) in [7, 11) is 4.80. The van der Waals surface area contributed by atoms with Crippen LogP contribution in [0.3, 0.4) is 0 Å². The number of esters is 2. The molecule has 5 N–H and O–H groups in total. The van der Waals surface area contributed by atoms with Gasteiger partial charge >= 0.3 is 11.9 Å². The minimum atomic E-state index is -3.19. The number of hydrogen-bond donors (Lipinski definition) is 4. The zero-order chi connectivity index (χ0) is 39.3. The molecule has 2 aromatic rings. The van der Waals surface area contributed by atoms with Gasteiger partial charge in [-0.15, -0.1) is 0 Å². The second-order valence-corrected chi connectivity index (χ2v) is 13.3. The van der Waals surface area contributed by atoms with Gasteiger partial charge in [0.15, 0.2) is 23.6 Å². The monoisotopic (exact) mass is 739 g/mol. The third-order valence-electron chi connectivity index (χ3n) is 10.2. The number of aryl methyl sites for hydroxylation is 1. The summed E-state index contributed by atoms with van der Waals surface area (Å²) in [5, 5.41) is 35.1. The lowest BCUT2D eigenvalue weighted by Gasteiger charge is -2.53. The maximum Gasteiger partial charge on any atom is 0.343 e. The smallest absolute Gasteiger partial charge is 0.343 e. The maximum absolute atomic E-state index is 14.5. The van der Waals surface area contributed by atoms with E-state index in [1.54, 1.807) is 7.11 Å². The van der Waals surface area contributed by atoms with E-state index < -0.39 is 110 Å². The Labute approximate surface area is 303 Å². The first kappa shape index (κ1) is 39.2. The van der Waals surface area contributed by atoms with Gasteiger partial charge in [-0.1, -0.05) is 13.0 Å². The lowest BCUT2D eigenvalue weighted by atomic mass is 9.56. The predicted octanol–water partition coefficient (Wildman–Crippen LogP) is 1.28. The predicted molar refractivity (Wildman–Crippen MR) is 181 cm³/mol. The molecule has 0 saturated carbocycles. The van der Waals surface area contributed by atoms with E-state index >= 15 is 0 Å². The molecule has 2 unspecified atom stereocenters. The lowest BCUT2D eigenvalue weighted by molar-refractivity contribution is -0.181. The number of rotatable bonds is 6. The third kappa shape index (κ3) is 5.90. The van der Waals surface area contributed by atoms with E-state index in [-0.39, 0.29) is 22.8 Å². The van der Waals surface area contributed by atoms with Gasteiger partial charge in [0.1, 0.15) is 17.1 Å². The van der Waals surface area contributed by atoms with Crippen molar-refractivity contribution in [1.29, 1.82) is 0 Å². The summed E-state index contributed by atoms with van der Waals surface area (Å²) in [5.41, 5.74) is -4.09. The van der Waals surface area contributed by atoms with Crippen LogP contribution in [-0.4, -0.2) is 116 Å². The van der Waals surface area contributed by atoms with E-state index in [2.05, 4.69) is 18.6 Å². The first-order chi connectivity index (χ1) is 25.0. The van der Waals surface area contributed by atoms with Crippen molar-refractivity contribution in [2.45, 2.75) is 63.1 Å². The number of Topliss-reactive ketones (excluding diaryl/α,β-unsaturated/α-hetero) is 3. The molecule has 1 heterocycles. The van der Waals surface area contributed by atoms with Gasteiger partial charge in [-0.05, 0) is 43.4 Å². The zero-order valence-electron chi connectivity index (χ0n) is 30.2. The molecule has 0 aromatic heterocycles. The normalized spacial score (nSPS) is 27.2. The third-order valence-corrected chi connectivity index (χ3v) is 10.2. The number of fused-ring (bicyclic) bond motifs is 5. The quantitative estimate of drug-likeness (QED) is 0.305. The molecule has 1 aliphatic heterocycles. The molecule has 1 fully saturated rings. The fraction of sp³-hybridized carbons (Fsp3) is 0.459. The highest BCUT2D eigenvalue weighted by molar-refractivity contribution is 6.30. The summed E-state index contributed by atoms with van der Waals surface area (Å²) in [6.07, 6.45) is 0.0861. The van der Waals surface area contributed by atoms with Crippen LogP contribution in [0.4, 0.5) is 0 Å². The Morgan fingerprint density at radius 2 is 1.68 bits per heavy atom. The van der Waals surface area contributed by atoms with Gasteiger partial charge in [-0.2, -0.15) is 0 Å². The number of carbonyl (C=O) groups is 6. The fourth-order valence-corrected chi connectivity index (χ4v) is 7.55. The summed E-state index contributed by atoms with van der Waals surface area (Å²) in [5.74, 6) is -7.37. The van der Waals surface area contributed by atoms with Gasteiger partial charge in [-0.25, -0.2) is 9.59 Å². The van der Waals surface area contributed by atoms with Crippen molar-refractivity contribution in [1.82, 2.24) is 0 Å². The lowest BCUT2D eigenvalue weighted by Crippen LogP contribution is -2.73. The molecule has 0 radical (unpaired) electrons.